The minimum Gasteiger partial charge on any atom is -0.489 e. The zero-order valence-corrected chi connectivity index (χ0v) is 26.8. The van der Waals surface area contributed by atoms with Gasteiger partial charge in [0, 0.05) is 31.5 Å². The van der Waals surface area contributed by atoms with Gasteiger partial charge in [-0.3, -0.25) is 14.5 Å². The maximum atomic E-state index is 13.3. The summed E-state index contributed by atoms with van der Waals surface area (Å²) in [5.41, 5.74) is 7.14. The van der Waals surface area contributed by atoms with Crippen LogP contribution >= 0.6 is 36.4 Å². The molecule has 0 bridgehead atoms. The molecule has 43 heavy (non-hydrogen) atoms. The molecule has 0 saturated carbocycles. The van der Waals surface area contributed by atoms with E-state index >= 15 is 0 Å². The molecule has 2 aromatic rings. The standard InChI is InChI=1S/C28H34ClN5O6S.2ClH/c1-2-38-26(35)19-41(36,37)34(13-4-6-20-5-3-7-21(17-20)27(30)31)22-8-9-25(24(29)18-22)40-23-10-14-33(15-11-23)28-32-12-16-39-28;;/h3-9,17-18,23H,2,10-16,19H2,1H3,(H3,30,31);2*1H/b6-4+;;. The van der Waals surface area contributed by atoms with Crippen LogP contribution in [0.25, 0.3) is 6.08 Å². The number of carbonyl (C=O) groups is 1. The number of nitrogens with two attached hydrogens (primary N) is 1. The van der Waals surface area contributed by atoms with Crippen molar-refractivity contribution in [3.8, 4) is 5.75 Å². The lowest BCUT2D eigenvalue weighted by Crippen LogP contribution is -2.42. The molecule has 1 saturated heterocycles. The van der Waals surface area contributed by atoms with Crippen molar-refractivity contribution in [1.82, 2.24) is 4.90 Å². The molecule has 1 fully saturated rings. The lowest BCUT2D eigenvalue weighted by molar-refractivity contribution is -0.139. The van der Waals surface area contributed by atoms with Gasteiger partial charge in [-0.1, -0.05) is 42.0 Å². The third-order valence-electron chi connectivity index (χ3n) is 6.50. The maximum Gasteiger partial charge on any atom is 0.323 e. The predicted octanol–water partition coefficient (Wildman–Crippen LogP) is 4.11. The van der Waals surface area contributed by atoms with Gasteiger partial charge < -0.3 is 24.8 Å². The second-order valence-corrected chi connectivity index (χ2v) is 11.8. The summed E-state index contributed by atoms with van der Waals surface area (Å²) in [6.07, 6.45) is 4.82. The number of hydrogen-bond acceptors (Lipinski definition) is 9. The minimum atomic E-state index is -4.12. The third-order valence-corrected chi connectivity index (χ3v) is 8.43. The number of benzene rings is 2. The number of nitrogens with one attached hydrogen (secondary N) is 1. The number of amidine groups is 2. The van der Waals surface area contributed by atoms with Gasteiger partial charge in [-0.05, 0) is 36.8 Å². The smallest absolute Gasteiger partial charge is 0.323 e. The van der Waals surface area contributed by atoms with Gasteiger partial charge in [0.2, 0.25) is 10.0 Å². The van der Waals surface area contributed by atoms with Gasteiger partial charge in [0.05, 0.1) is 30.4 Å². The topological polar surface area (TPSA) is 148 Å². The van der Waals surface area contributed by atoms with Crippen molar-refractivity contribution in [2.75, 3.05) is 49.5 Å². The molecule has 0 radical (unpaired) electrons. The fraction of sp³-hybridized carbons (Fsp3) is 0.393. The molecular formula is C28H36Cl3N5O6S. The van der Waals surface area contributed by atoms with E-state index in [1.165, 1.54) is 6.07 Å². The van der Waals surface area contributed by atoms with Crippen molar-refractivity contribution in [1.29, 1.82) is 5.41 Å². The van der Waals surface area contributed by atoms with Crippen molar-refractivity contribution in [3.63, 3.8) is 0 Å². The number of halogens is 3. The molecule has 0 spiro atoms. The molecule has 236 valence electrons. The molecule has 2 aliphatic rings. The van der Waals surface area contributed by atoms with E-state index in [1.54, 1.807) is 49.4 Å². The zero-order valence-electron chi connectivity index (χ0n) is 23.6. The van der Waals surface area contributed by atoms with E-state index in [0.29, 0.717) is 30.5 Å². The van der Waals surface area contributed by atoms with E-state index < -0.39 is 21.7 Å². The highest BCUT2D eigenvalue weighted by atomic mass is 35.5. The van der Waals surface area contributed by atoms with Crippen LogP contribution in [-0.4, -0.2) is 82.4 Å². The van der Waals surface area contributed by atoms with Crippen LogP contribution in [0.3, 0.4) is 0 Å². The molecule has 15 heteroatoms. The van der Waals surface area contributed by atoms with E-state index in [4.69, 9.17) is 37.0 Å². The second kappa shape index (κ2) is 16.6. The largest absolute Gasteiger partial charge is 0.489 e. The number of piperidine rings is 1. The van der Waals surface area contributed by atoms with Crippen LogP contribution in [-0.2, 0) is 24.3 Å². The van der Waals surface area contributed by atoms with Gasteiger partial charge >= 0.3 is 5.97 Å². The van der Waals surface area contributed by atoms with Crippen molar-refractivity contribution in [3.05, 3.63) is 64.7 Å². The lowest BCUT2D eigenvalue weighted by Gasteiger charge is -2.32. The summed E-state index contributed by atoms with van der Waals surface area (Å²) in [6, 6.07) is 12.4. The average Bonchev–Trinajstić information content (AvgIpc) is 3.48. The summed E-state index contributed by atoms with van der Waals surface area (Å²) in [7, 11) is -4.12. The Morgan fingerprint density at radius 1 is 1.23 bits per heavy atom. The minimum absolute atomic E-state index is 0. The highest BCUT2D eigenvalue weighted by molar-refractivity contribution is 7.93. The summed E-state index contributed by atoms with van der Waals surface area (Å²) >= 11 is 6.57. The third kappa shape index (κ3) is 9.92. The SMILES string of the molecule is CCOC(=O)CS(=O)(=O)N(C/C=C/c1cccc(C(=N)N)c1)c1ccc(OC2CCN(C3=NCCO3)CC2)c(Cl)c1.Cl.Cl. The van der Waals surface area contributed by atoms with Crippen LogP contribution < -0.4 is 14.8 Å². The highest BCUT2D eigenvalue weighted by Crippen LogP contribution is 2.33. The van der Waals surface area contributed by atoms with Crippen molar-refractivity contribution >= 4 is 76.0 Å². The van der Waals surface area contributed by atoms with E-state index in [-0.39, 0.29) is 60.6 Å². The van der Waals surface area contributed by atoms with Crippen LogP contribution in [0.15, 0.2) is 53.5 Å². The molecule has 0 atom stereocenters. The summed E-state index contributed by atoms with van der Waals surface area (Å²) in [5.74, 6) is -1.29. The van der Waals surface area contributed by atoms with Crippen molar-refractivity contribution in [2.24, 2.45) is 10.7 Å². The lowest BCUT2D eigenvalue weighted by atomic mass is 10.1. The van der Waals surface area contributed by atoms with Crippen LogP contribution in [0.2, 0.25) is 5.02 Å². The number of sulfonamides is 1. The molecule has 0 aromatic heterocycles. The van der Waals surface area contributed by atoms with Gasteiger partial charge in [0.25, 0.3) is 6.02 Å². The molecular weight excluding hydrogens is 641 g/mol. The monoisotopic (exact) mass is 675 g/mol. The highest BCUT2D eigenvalue weighted by Gasteiger charge is 2.28. The Kier molecular flexibility index (Phi) is 13.9. The molecule has 3 N–H and O–H groups in total. The van der Waals surface area contributed by atoms with Gasteiger partial charge in [-0.15, -0.1) is 24.8 Å². The number of nitrogen functional groups attached to an aromatic ring is 1. The number of rotatable bonds is 11. The molecule has 2 aliphatic heterocycles. The normalized spacial score (nSPS) is 15.1. The number of hydrogen-bond donors (Lipinski definition) is 2. The Morgan fingerprint density at radius 3 is 2.60 bits per heavy atom. The number of nitrogens with zero attached hydrogens (tertiary/aromatic N) is 3. The van der Waals surface area contributed by atoms with E-state index in [0.717, 1.165) is 35.8 Å². The van der Waals surface area contributed by atoms with Crippen LogP contribution in [0, 0.1) is 5.41 Å². The average molecular weight is 677 g/mol. The first kappa shape index (κ1) is 36.0. The summed E-state index contributed by atoms with van der Waals surface area (Å²) in [6.45, 7) is 4.40. The summed E-state index contributed by atoms with van der Waals surface area (Å²) < 4.78 is 44.3. The second-order valence-electron chi connectivity index (χ2n) is 9.47. The first-order valence-electron chi connectivity index (χ1n) is 13.3. The molecule has 4 rings (SSSR count). The number of likely N-dealkylation sites (tertiary alicyclic amines) is 1. The molecule has 2 aromatic carbocycles. The zero-order chi connectivity index (χ0) is 29.4. The number of ether oxygens (including phenoxy) is 3. The van der Waals surface area contributed by atoms with E-state index in [1.807, 2.05) is 6.07 Å². The molecule has 2 heterocycles. The fourth-order valence-electron chi connectivity index (χ4n) is 4.50. The Bertz CT molecular complexity index is 1430. The van der Waals surface area contributed by atoms with Crippen molar-refractivity contribution in [2.45, 2.75) is 25.9 Å². The Labute approximate surface area is 269 Å². The molecule has 11 nitrogen and oxygen atoms in total. The van der Waals surface area contributed by atoms with Crippen molar-refractivity contribution < 1.29 is 27.4 Å². The number of esters is 1. The number of anilines is 1. The number of aliphatic imine (C=N–C) groups is 1. The fourth-order valence-corrected chi connectivity index (χ4v) is 6.01. The molecule has 0 unspecified atom stereocenters. The summed E-state index contributed by atoms with van der Waals surface area (Å²) in [4.78, 5) is 18.6. The maximum absolute atomic E-state index is 13.3. The van der Waals surface area contributed by atoms with Gasteiger partial charge in [-0.25, -0.2) is 13.4 Å². The van der Waals surface area contributed by atoms with E-state index in [9.17, 15) is 13.2 Å². The first-order valence-corrected chi connectivity index (χ1v) is 15.3. The summed E-state index contributed by atoms with van der Waals surface area (Å²) in [5, 5.41) is 7.87. The van der Waals surface area contributed by atoms with Crippen LogP contribution in [0.1, 0.15) is 30.9 Å². The predicted molar refractivity (Wildman–Crippen MR) is 174 cm³/mol. The Balaban J connectivity index is 0.00000323. The first-order chi connectivity index (χ1) is 19.7. The van der Waals surface area contributed by atoms with Crippen LogP contribution in [0.4, 0.5) is 5.69 Å². The van der Waals surface area contributed by atoms with Gasteiger partial charge in [-0.2, -0.15) is 0 Å². The Morgan fingerprint density at radius 2 is 1.98 bits per heavy atom. The van der Waals surface area contributed by atoms with Crippen LogP contribution in [0.5, 0.6) is 5.75 Å². The van der Waals surface area contributed by atoms with Gasteiger partial charge in [0.15, 0.2) is 5.75 Å². The molecule has 0 aliphatic carbocycles. The number of carbonyl (C=O) groups excluding carboxylic acids is 1. The van der Waals surface area contributed by atoms with Gasteiger partial charge in [0.1, 0.15) is 24.3 Å². The molecule has 0 amide bonds. The van der Waals surface area contributed by atoms with E-state index in [2.05, 4.69) is 9.89 Å². The Hall–Kier alpha value is -3.19. The quantitative estimate of drug-likeness (QED) is 0.205.